The fraction of sp³-hybridized carbons (Fsp3) is 0.368. The highest BCUT2D eigenvalue weighted by Crippen LogP contribution is 2.23. The molecule has 5 nitrogen and oxygen atoms in total. The lowest BCUT2D eigenvalue weighted by molar-refractivity contribution is -0.129. The molecule has 1 aliphatic carbocycles. The summed E-state index contributed by atoms with van der Waals surface area (Å²) in [4.78, 5) is 24.2. The summed E-state index contributed by atoms with van der Waals surface area (Å²) in [5, 5.41) is 2.89. The summed E-state index contributed by atoms with van der Waals surface area (Å²) >= 11 is 0. The smallest absolute Gasteiger partial charge is 0.375 e. The fourth-order valence-corrected chi connectivity index (χ4v) is 2.88. The molecular weight excluding hydrogens is 325 g/mol. The molecule has 0 bridgehead atoms. The van der Waals surface area contributed by atoms with Gasteiger partial charge in [-0.05, 0) is 56.2 Å². The van der Waals surface area contributed by atoms with Crippen LogP contribution in [-0.4, -0.2) is 24.0 Å². The maximum absolute atomic E-state index is 13.0. The average molecular weight is 345 g/mol. The van der Waals surface area contributed by atoms with Gasteiger partial charge in [-0.1, -0.05) is 12.8 Å². The number of rotatable bonds is 5. The molecule has 3 rings (SSSR count). The van der Waals surface area contributed by atoms with E-state index in [2.05, 4.69) is 5.32 Å². The minimum absolute atomic E-state index is 0.000147. The van der Waals surface area contributed by atoms with Gasteiger partial charge in [0.1, 0.15) is 11.6 Å². The van der Waals surface area contributed by atoms with E-state index in [1.54, 1.807) is 18.2 Å². The molecule has 1 fully saturated rings. The van der Waals surface area contributed by atoms with E-state index in [1.807, 2.05) is 0 Å². The molecule has 0 radical (unpaired) electrons. The van der Waals surface area contributed by atoms with Gasteiger partial charge in [0, 0.05) is 11.6 Å². The highest BCUT2D eigenvalue weighted by Gasteiger charge is 2.24. The number of hydrogen-bond acceptors (Lipinski definition) is 4. The van der Waals surface area contributed by atoms with E-state index < -0.39 is 12.1 Å². The molecule has 1 aromatic carbocycles. The number of hydrogen-bond donors (Lipinski definition) is 1. The number of nitrogens with one attached hydrogen (secondary N) is 1. The zero-order chi connectivity index (χ0) is 17.8. The maximum atomic E-state index is 13.0. The molecule has 1 amide bonds. The minimum Gasteiger partial charge on any atom is -0.449 e. The number of ether oxygens (including phenoxy) is 1. The molecular formula is C19H20FNO4. The van der Waals surface area contributed by atoms with Gasteiger partial charge in [0.2, 0.25) is 5.76 Å². The first-order valence-corrected chi connectivity index (χ1v) is 8.40. The second-order valence-corrected chi connectivity index (χ2v) is 6.21. The van der Waals surface area contributed by atoms with Gasteiger partial charge in [-0.25, -0.2) is 9.18 Å². The molecule has 0 spiro atoms. The Kier molecular flexibility index (Phi) is 5.16. The number of amides is 1. The van der Waals surface area contributed by atoms with Gasteiger partial charge in [0.05, 0.1) is 0 Å². The summed E-state index contributed by atoms with van der Waals surface area (Å²) < 4.78 is 23.6. The van der Waals surface area contributed by atoms with Crippen molar-refractivity contribution in [3.05, 3.63) is 48.0 Å². The van der Waals surface area contributed by atoms with Crippen LogP contribution in [0.25, 0.3) is 11.3 Å². The zero-order valence-corrected chi connectivity index (χ0v) is 14.0. The summed E-state index contributed by atoms with van der Waals surface area (Å²) in [6.45, 7) is 1.53. The molecule has 6 heteroatoms. The normalized spacial score (nSPS) is 15.8. The van der Waals surface area contributed by atoms with Gasteiger partial charge in [-0.15, -0.1) is 0 Å². The Labute approximate surface area is 145 Å². The van der Waals surface area contributed by atoms with Crippen LogP contribution in [0.2, 0.25) is 0 Å². The Bertz CT molecular complexity index is 747. The van der Waals surface area contributed by atoms with Crippen LogP contribution in [0, 0.1) is 5.82 Å². The van der Waals surface area contributed by atoms with Gasteiger partial charge in [-0.3, -0.25) is 4.79 Å². The lowest BCUT2D eigenvalue weighted by Gasteiger charge is -2.16. The topological polar surface area (TPSA) is 68.5 Å². The third kappa shape index (κ3) is 4.26. The molecule has 1 unspecified atom stereocenters. The third-order valence-corrected chi connectivity index (χ3v) is 4.29. The largest absolute Gasteiger partial charge is 0.449 e. The quantitative estimate of drug-likeness (QED) is 0.839. The molecule has 2 aromatic rings. The SMILES string of the molecule is CC(OC(=O)c1ccc(-c2ccc(F)cc2)o1)C(=O)NC1CCCC1. The average Bonchev–Trinajstić information content (AvgIpc) is 3.27. The van der Waals surface area contributed by atoms with Crippen molar-refractivity contribution in [2.75, 3.05) is 0 Å². The van der Waals surface area contributed by atoms with Crippen molar-refractivity contribution in [3.8, 4) is 11.3 Å². The van der Waals surface area contributed by atoms with Gasteiger partial charge < -0.3 is 14.5 Å². The number of benzene rings is 1. The maximum Gasteiger partial charge on any atom is 0.375 e. The second-order valence-electron chi connectivity index (χ2n) is 6.21. The monoisotopic (exact) mass is 345 g/mol. The first kappa shape index (κ1) is 17.2. The Balaban J connectivity index is 1.59. The van der Waals surface area contributed by atoms with Crippen molar-refractivity contribution < 1.29 is 23.1 Å². The van der Waals surface area contributed by atoms with Crippen LogP contribution >= 0.6 is 0 Å². The lowest BCUT2D eigenvalue weighted by Crippen LogP contribution is -2.40. The van der Waals surface area contributed by atoms with Crippen molar-refractivity contribution >= 4 is 11.9 Å². The fourth-order valence-electron chi connectivity index (χ4n) is 2.88. The van der Waals surface area contributed by atoms with Crippen LogP contribution in [0.4, 0.5) is 4.39 Å². The van der Waals surface area contributed by atoms with Gasteiger partial charge in [-0.2, -0.15) is 0 Å². The first-order chi connectivity index (χ1) is 12.0. The Hall–Kier alpha value is -2.63. The third-order valence-electron chi connectivity index (χ3n) is 4.29. The Morgan fingerprint density at radius 1 is 1.16 bits per heavy atom. The van der Waals surface area contributed by atoms with E-state index in [9.17, 15) is 14.0 Å². The van der Waals surface area contributed by atoms with Crippen LogP contribution in [0.3, 0.4) is 0 Å². The van der Waals surface area contributed by atoms with Crippen molar-refractivity contribution in [1.29, 1.82) is 0 Å². The molecule has 0 aliphatic heterocycles. The van der Waals surface area contributed by atoms with Crippen LogP contribution in [0.15, 0.2) is 40.8 Å². The van der Waals surface area contributed by atoms with E-state index >= 15 is 0 Å². The Morgan fingerprint density at radius 2 is 1.84 bits per heavy atom. The molecule has 1 atom stereocenters. The van der Waals surface area contributed by atoms with Crippen LogP contribution in [0.5, 0.6) is 0 Å². The molecule has 1 aliphatic rings. The molecule has 1 heterocycles. The molecule has 25 heavy (non-hydrogen) atoms. The summed E-state index contributed by atoms with van der Waals surface area (Å²) in [6, 6.07) is 8.98. The van der Waals surface area contributed by atoms with Crippen LogP contribution < -0.4 is 5.32 Å². The minimum atomic E-state index is -0.896. The number of esters is 1. The van der Waals surface area contributed by atoms with E-state index in [1.165, 1.54) is 25.1 Å². The van der Waals surface area contributed by atoms with Crippen molar-refractivity contribution in [2.24, 2.45) is 0 Å². The van der Waals surface area contributed by atoms with Crippen LogP contribution in [0.1, 0.15) is 43.2 Å². The van der Waals surface area contributed by atoms with Gasteiger partial charge in [0.25, 0.3) is 5.91 Å². The summed E-state index contributed by atoms with van der Waals surface area (Å²) in [6.07, 6.45) is 3.25. The van der Waals surface area contributed by atoms with Crippen molar-refractivity contribution in [2.45, 2.75) is 44.8 Å². The van der Waals surface area contributed by atoms with Gasteiger partial charge in [0.15, 0.2) is 6.10 Å². The summed E-state index contributed by atoms with van der Waals surface area (Å²) in [7, 11) is 0. The van der Waals surface area contributed by atoms with E-state index in [0.29, 0.717) is 11.3 Å². The molecule has 1 aromatic heterocycles. The Morgan fingerprint density at radius 3 is 2.52 bits per heavy atom. The van der Waals surface area contributed by atoms with Gasteiger partial charge >= 0.3 is 5.97 Å². The molecule has 1 N–H and O–H groups in total. The zero-order valence-electron chi connectivity index (χ0n) is 14.0. The highest BCUT2D eigenvalue weighted by atomic mass is 19.1. The number of furan rings is 1. The van der Waals surface area contributed by atoms with Crippen molar-refractivity contribution in [3.63, 3.8) is 0 Å². The second kappa shape index (κ2) is 7.51. The molecule has 132 valence electrons. The first-order valence-electron chi connectivity index (χ1n) is 8.40. The standard InChI is InChI=1S/C19H20FNO4/c1-12(18(22)21-15-4-2-3-5-15)24-19(23)17-11-10-16(25-17)13-6-8-14(20)9-7-13/h6-12,15H,2-5H2,1H3,(H,21,22). The predicted molar refractivity (Wildman–Crippen MR) is 89.4 cm³/mol. The predicted octanol–water partition coefficient (Wildman–Crippen LogP) is 3.69. The van der Waals surface area contributed by atoms with E-state index in [-0.39, 0.29) is 23.5 Å². The highest BCUT2D eigenvalue weighted by molar-refractivity contribution is 5.90. The number of halogens is 1. The summed E-state index contributed by atoms with van der Waals surface area (Å²) in [5.74, 6) is -0.931. The molecule has 1 saturated carbocycles. The van der Waals surface area contributed by atoms with E-state index in [4.69, 9.17) is 9.15 Å². The number of carbonyl (C=O) groups is 2. The van der Waals surface area contributed by atoms with Crippen LogP contribution in [-0.2, 0) is 9.53 Å². The number of carbonyl (C=O) groups excluding carboxylic acids is 2. The van der Waals surface area contributed by atoms with Crippen molar-refractivity contribution in [1.82, 2.24) is 5.32 Å². The lowest BCUT2D eigenvalue weighted by atomic mass is 10.2. The summed E-state index contributed by atoms with van der Waals surface area (Å²) in [5.41, 5.74) is 0.646. The van der Waals surface area contributed by atoms with E-state index in [0.717, 1.165) is 25.7 Å². The molecule has 0 saturated heterocycles.